The zero-order chi connectivity index (χ0) is 23.7. The Hall–Kier alpha value is -4.01. The number of ether oxygens (including phenoxy) is 1. The minimum Gasteiger partial charge on any atom is -0.466 e. The zero-order valence-corrected chi connectivity index (χ0v) is 17.9. The van der Waals surface area contributed by atoms with E-state index in [-0.39, 0.29) is 35.9 Å². The van der Waals surface area contributed by atoms with Gasteiger partial charge in [0.2, 0.25) is 5.88 Å². The SMILES string of the molecule is O=C(c1ccc(F)cc1-c1ncccn1)N1CCC(F)(F)C(Oc2ccc3ccccc3n2)C1. The first kappa shape index (κ1) is 21.8. The second-order valence-electron chi connectivity index (χ2n) is 7.97. The molecule has 172 valence electrons. The smallest absolute Gasteiger partial charge is 0.287 e. The number of aromatic nitrogens is 3. The molecule has 1 unspecified atom stereocenters. The van der Waals surface area contributed by atoms with Crippen LogP contribution in [0.3, 0.4) is 0 Å². The summed E-state index contributed by atoms with van der Waals surface area (Å²) < 4.78 is 49.0. The number of nitrogens with zero attached hydrogens (tertiary/aromatic N) is 4. The van der Waals surface area contributed by atoms with Crippen molar-refractivity contribution in [3.8, 4) is 17.3 Å². The highest BCUT2D eigenvalue weighted by Gasteiger charge is 2.47. The fourth-order valence-electron chi connectivity index (χ4n) is 3.93. The van der Waals surface area contributed by atoms with Crippen molar-refractivity contribution < 1.29 is 22.7 Å². The number of halogens is 3. The first-order chi connectivity index (χ1) is 16.4. The molecule has 0 bridgehead atoms. The number of carbonyl (C=O) groups is 1. The van der Waals surface area contributed by atoms with Gasteiger partial charge < -0.3 is 9.64 Å². The number of alkyl halides is 2. The minimum atomic E-state index is -3.15. The molecule has 0 aliphatic carbocycles. The third kappa shape index (κ3) is 4.28. The standard InChI is InChI=1S/C25H19F3N4O2/c26-17-7-8-18(19(14-17)23-29-11-3-12-30-23)24(33)32-13-10-25(27,28)21(15-32)34-22-9-6-16-4-1-2-5-20(16)31-22/h1-9,11-12,14,21H,10,13,15H2. The van der Waals surface area contributed by atoms with Gasteiger partial charge in [0, 0.05) is 42.4 Å². The molecule has 5 rings (SSSR count). The van der Waals surface area contributed by atoms with Crippen LogP contribution in [-0.2, 0) is 0 Å². The molecule has 1 atom stereocenters. The van der Waals surface area contributed by atoms with Crippen LogP contribution in [0.15, 0.2) is 73.1 Å². The predicted octanol–water partition coefficient (Wildman–Crippen LogP) is 4.76. The van der Waals surface area contributed by atoms with E-state index in [1.807, 2.05) is 12.1 Å². The van der Waals surface area contributed by atoms with E-state index in [2.05, 4.69) is 15.0 Å². The van der Waals surface area contributed by atoms with Crippen molar-refractivity contribution >= 4 is 16.8 Å². The molecule has 1 fully saturated rings. The van der Waals surface area contributed by atoms with Crippen molar-refractivity contribution in [3.63, 3.8) is 0 Å². The highest BCUT2D eigenvalue weighted by atomic mass is 19.3. The zero-order valence-electron chi connectivity index (χ0n) is 17.9. The van der Waals surface area contributed by atoms with E-state index in [1.165, 1.54) is 29.4 Å². The van der Waals surface area contributed by atoms with E-state index >= 15 is 0 Å². The van der Waals surface area contributed by atoms with Gasteiger partial charge >= 0.3 is 0 Å². The van der Waals surface area contributed by atoms with Gasteiger partial charge in [0.1, 0.15) is 5.82 Å². The Balaban J connectivity index is 1.41. The normalized spacial score (nSPS) is 17.5. The first-order valence-electron chi connectivity index (χ1n) is 10.7. The summed E-state index contributed by atoms with van der Waals surface area (Å²) in [5.74, 6) is -4.03. The summed E-state index contributed by atoms with van der Waals surface area (Å²) in [4.78, 5) is 27.1. The third-order valence-electron chi connectivity index (χ3n) is 5.71. The van der Waals surface area contributed by atoms with Crippen LogP contribution in [0.5, 0.6) is 5.88 Å². The number of carbonyl (C=O) groups excluding carboxylic acids is 1. The van der Waals surface area contributed by atoms with E-state index in [0.29, 0.717) is 5.52 Å². The Kier molecular flexibility index (Phi) is 5.61. The topological polar surface area (TPSA) is 68.2 Å². The van der Waals surface area contributed by atoms with Gasteiger partial charge in [-0.1, -0.05) is 18.2 Å². The van der Waals surface area contributed by atoms with Gasteiger partial charge in [0.25, 0.3) is 11.8 Å². The van der Waals surface area contributed by atoms with Crippen molar-refractivity contribution in [2.45, 2.75) is 18.4 Å². The minimum absolute atomic E-state index is 0.0535. The molecule has 0 spiro atoms. The van der Waals surface area contributed by atoms with Gasteiger partial charge in [-0.2, -0.15) is 0 Å². The molecule has 0 radical (unpaired) electrons. The largest absolute Gasteiger partial charge is 0.466 e. The van der Waals surface area contributed by atoms with Gasteiger partial charge in [0.05, 0.1) is 17.6 Å². The Bertz CT molecular complexity index is 1350. The molecular weight excluding hydrogens is 445 g/mol. The maximum absolute atomic E-state index is 14.7. The number of benzene rings is 2. The predicted molar refractivity (Wildman–Crippen MR) is 119 cm³/mol. The molecule has 1 aliphatic heterocycles. The van der Waals surface area contributed by atoms with Crippen LogP contribution in [0.1, 0.15) is 16.8 Å². The molecule has 3 heterocycles. The quantitative estimate of drug-likeness (QED) is 0.436. The number of likely N-dealkylation sites (tertiary alicyclic amines) is 1. The summed E-state index contributed by atoms with van der Waals surface area (Å²) in [6.07, 6.45) is 0.790. The number of pyridine rings is 1. The highest BCUT2D eigenvalue weighted by Crippen LogP contribution is 2.33. The molecule has 1 saturated heterocycles. The van der Waals surface area contributed by atoms with Crippen LogP contribution in [0.4, 0.5) is 13.2 Å². The third-order valence-corrected chi connectivity index (χ3v) is 5.71. The van der Waals surface area contributed by atoms with Crippen molar-refractivity contribution in [2.75, 3.05) is 13.1 Å². The summed E-state index contributed by atoms with van der Waals surface area (Å²) in [5, 5.41) is 0.856. The maximum Gasteiger partial charge on any atom is 0.287 e. The highest BCUT2D eigenvalue weighted by molar-refractivity contribution is 6.00. The molecule has 1 amide bonds. The van der Waals surface area contributed by atoms with Gasteiger partial charge in [-0.05, 0) is 36.4 Å². The molecule has 4 aromatic rings. The Morgan fingerprint density at radius 2 is 1.82 bits per heavy atom. The fraction of sp³-hybridized carbons (Fsp3) is 0.200. The van der Waals surface area contributed by atoms with Crippen LogP contribution >= 0.6 is 0 Å². The lowest BCUT2D eigenvalue weighted by atomic mass is 10.00. The van der Waals surface area contributed by atoms with E-state index in [1.54, 1.807) is 24.3 Å². The monoisotopic (exact) mass is 464 g/mol. The number of fused-ring (bicyclic) bond motifs is 1. The maximum atomic E-state index is 14.7. The molecule has 2 aromatic heterocycles. The average molecular weight is 464 g/mol. The summed E-state index contributed by atoms with van der Waals surface area (Å²) in [6, 6.07) is 15.8. The molecule has 9 heteroatoms. The van der Waals surface area contributed by atoms with Crippen LogP contribution in [0.25, 0.3) is 22.3 Å². The van der Waals surface area contributed by atoms with Gasteiger partial charge in [-0.3, -0.25) is 4.79 Å². The number of para-hydroxylation sites is 1. The second kappa shape index (κ2) is 8.74. The van der Waals surface area contributed by atoms with E-state index < -0.39 is 30.2 Å². The van der Waals surface area contributed by atoms with Gasteiger partial charge in [-0.25, -0.2) is 28.1 Å². The fourth-order valence-corrected chi connectivity index (χ4v) is 3.93. The Labute approximate surface area is 193 Å². The number of hydrogen-bond donors (Lipinski definition) is 0. The summed E-state index contributed by atoms with van der Waals surface area (Å²) in [6.45, 7) is -0.532. The van der Waals surface area contributed by atoms with Crippen molar-refractivity contribution in [2.24, 2.45) is 0 Å². The summed E-state index contributed by atoms with van der Waals surface area (Å²) >= 11 is 0. The second-order valence-corrected chi connectivity index (χ2v) is 7.97. The lowest BCUT2D eigenvalue weighted by molar-refractivity contribution is -0.131. The van der Waals surface area contributed by atoms with Crippen LogP contribution in [0.2, 0.25) is 0 Å². The number of hydrogen-bond acceptors (Lipinski definition) is 5. The molecule has 0 N–H and O–H groups in total. The van der Waals surface area contributed by atoms with Crippen molar-refractivity contribution in [1.82, 2.24) is 19.9 Å². The molecule has 6 nitrogen and oxygen atoms in total. The van der Waals surface area contributed by atoms with E-state index in [0.717, 1.165) is 17.5 Å². The number of amides is 1. The summed E-state index contributed by atoms with van der Waals surface area (Å²) in [5.41, 5.74) is 0.933. The molecule has 1 aliphatic rings. The number of rotatable bonds is 4. The molecule has 0 saturated carbocycles. The molecule has 2 aromatic carbocycles. The van der Waals surface area contributed by atoms with Gasteiger partial charge in [0.15, 0.2) is 11.9 Å². The van der Waals surface area contributed by atoms with E-state index in [4.69, 9.17) is 4.74 Å². The number of piperidine rings is 1. The van der Waals surface area contributed by atoms with Gasteiger partial charge in [-0.15, -0.1) is 0 Å². The summed E-state index contributed by atoms with van der Waals surface area (Å²) in [7, 11) is 0. The Morgan fingerprint density at radius 1 is 1.03 bits per heavy atom. The van der Waals surface area contributed by atoms with Crippen LogP contribution < -0.4 is 4.74 Å². The lowest BCUT2D eigenvalue weighted by Gasteiger charge is -2.38. The lowest BCUT2D eigenvalue weighted by Crippen LogP contribution is -2.55. The van der Waals surface area contributed by atoms with Crippen molar-refractivity contribution in [1.29, 1.82) is 0 Å². The van der Waals surface area contributed by atoms with Crippen LogP contribution in [-0.4, -0.2) is 50.9 Å². The Morgan fingerprint density at radius 3 is 2.65 bits per heavy atom. The molecular formula is C25H19F3N4O2. The van der Waals surface area contributed by atoms with Crippen molar-refractivity contribution in [3.05, 3.63) is 84.4 Å². The van der Waals surface area contributed by atoms with E-state index in [9.17, 15) is 18.0 Å². The molecule has 34 heavy (non-hydrogen) atoms. The average Bonchev–Trinajstić information content (AvgIpc) is 2.85. The first-order valence-corrected chi connectivity index (χ1v) is 10.7. The van der Waals surface area contributed by atoms with Crippen LogP contribution in [0, 0.1) is 5.82 Å².